The van der Waals surface area contributed by atoms with E-state index in [1.54, 1.807) is 0 Å². The average Bonchev–Trinajstić information content (AvgIpc) is 2.32. The van der Waals surface area contributed by atoms with Gasteiger partial charge in [-0.15, -0.1) is 0 Å². The van der Waals surface area contributed by atoms with Crippen LogP contribution in [0.2, 0.25) is 0 Å². The molecule has 0 aromatic rings. The predicted molar refractivity (Wildman–Crippen MR) is 96.3 cm³/mol. The van der Waals surface area contributed by atoms with Gasteiger partial charge in [-0.2, -0.15) is 0 Å². The molecule has 1 heterocycles. The van der Waals surface area contributed by atoms with Gasteiger partial charge in [-0.1, -0.05) is 62.3 Å². The molecule has 1 fully saturated rings. The first kappa shape index (κ1) is 20.9. The van der Waals surface area contributed by atoms with Crippen LogP contribution in [-0.4, -0.2) is 29.0 Å². The first-order chi connectivity index (χ1) is 10.5. The van der Waals surface area contributed by atoms with Gasteiger partial charge < -0.3 is 0 Å². The van der Waals surface area contributed by atoms with Gasteiger partial charge in [0.1, 0.15) is 0 Å². The van der Waals surface area contributed by atoms with Gasteiger partial charge in [-0.3, -0.25) is 19.3 Å². The van der Waals surface area contributed by atoms with Gasteiger partial charge in [0, 0.05) is 6.54 Å². The molecule has 24 heavy (non-hydrogen) atoms. The number of Topliss-reactive ketones (excluding diaryl/α,β-unsaturated/α-hetero) is 1. The Hall–Kier alpha value is -1.19. The van der Waals surface area contributed by atoms with Crippen LogP contribution in [-0.2, 0) is 14.4 Å². The molecule has 0 bridgehead atoms. The number of hydrogen-bond acceptors (Lipinski definition) is 3. The highest BCUT2D eigenvalue weighted by Crippen LogP contribution is 2.37. The van der Waals surface area contributed by atoms with E-state index in [2.05, 4.69) is 0 Å². The fourth-order valence-electron chi connectivity index (χ4n) is 3.20. The first-order valence-corrected chi connectivity index (χ1v) is 8.91. The summed E-state index contributed by atoms with van der Waals surface area (Å²) in [6.07, 6.45) is 0.971. The molecule has 0 radical (unpaired) electrons. The van der Waals surface area contributed by atoms with Gasteiger partial charge >= 0.3 is 0 Å². The Morgan fingerprint density at radius 2 is 1.00 bits per heavy atom. The van der Waals surface area contributed by atoms with Crippen LogP contribution in [0.3, 0.4) is 0 Å². The molecule has 1 rings (SSSR count). The Balaban J connectivity index is 3.24. The van der Waals surface area contributed by atoms with Crippen LogP contribution >= 0.6 is 0 Å². The van der Waals surface area contributed by atoms with Gasteiger partial charge in [-0.25, -0.2) is 0 Å². The Morgan fingerprint density at radius 1 is 0.667 bits per heavy atom. The zero-order valence-corrected chi connectivity index (χ0v) is 16.9. The molecule has 0 saturated carbocycles. The topological polar surface area (TPSA) is 54.5 Å². The second-order valence-electron chi connectivity index (χ2n) is 10.9. The molecule has 4 nitrogen and oxygen atoms in total. The highest BCUT2D eigenvalue weighted by atomic mass is 16.2. The lowest BCUT2D eigenvalue weighted by atomic mass is 9.72. The lowest BCUT2D eigenvalue weighted by molar-refractivity contribution is -0.163. The molecule has 138 valence electrons. The Morgan fingerprint density at radius 3 is 1.25 bits per heavy atom. The van der Waals surface area contributed by atoms with Crippen molar-refractivity contribution in [2.24, 2.45) is 28.1 Å². The molecule has 0 aromatic heterocycles. The fraction of sp³-hybridized carbons (Fsp3) is 0.850. The molecule has 1 saturated heterocycles. The number of piperidine rings is 1. The second-order valence-corrected chi connectivity index (χ2v) is 10.9. The van der Waals surface area contributed by atoms with Gasteiger partial charge in [-0.05, 0) is 29.1 Å². The number of likely N-dealkylation sites (tertiary alicyclic amines) is 1. The predicted octanol–water partition coefficient (Wildman–Crippen LogP) is 4.08. The van der Waals surface area contributed by atoms with Crippen molar-refractivity contribution in [3.8, 4) is 0 Å². The van der Waals surface area contributed by atoms with E-state index in [1.807, 2.05) is 62.3 Å². The third-order valence-electron chi connectivity index (χ3n) is 4.08. The minimum absolute atomic E-state index is 0.143. The van der Waals surface area contributed by atoms with E-state index in [-0.39, 0.29) is 33.8 Å². The summed E-state index contributed by atoms with van der Waals surface area (Å²) in [6.45, 7) is 18.5. The van der Waals surface area contributed by atoms with Crippen molar-refractivity contribution in [2.75, 3.05) is 6.54 Å². The van der Waals surface area contributed by atoms with Crippen molar-refractivity contribution in [3.63, 3.8) is 0 Å². The molecule has 2 amide bonds. The maximum absolute atomic E-state index is 12.9. The van der Waals surface area contributed by atoms with Crippen molar-refractivity contribution in [3.05, 3.63) is 0 Å². The first-order valence-electron chi connectivity index (χ1n) is 8.91. The lowest BCUT2D eigenvalue weighted by Gasteiger charge is -2.40. The Bertz CT molecular complexity index is 420. The molecule has 0 aromatic carbocycles. The average molecular weight is 338 g/mol. The van der Waals surface area contributed by atoms with Crippen LogP contribution in [0.15, 0.2) is 0 Å². The third kappa shape index (κ3) is 5.71. The molecular weight excluding hydrogens is 302 g/mol. The molecular formula is C20H35NO3. The van der Waals surface area contributed by atoms with E-state index < -0.39 is 11.8 Å². The standard InChI is InChI=1S/C20H35NO3/c1-18(2,3)10-13-15(22)14(11-19(4,5)6)17(24)21(16(13)23)12-20(7,8)9/h13-14H,10-12H2,1-9H3. The van der Waals surface area contributed by atoms with E-state index in [0.29, 0.717) is 19.4 Å². The SMILES string of the molecule is CC(C)(C)CC1C(=O)C(CC(C)(C)C)C(=O)N(CC(C)(C)C)C1=O. The minimum Gasteiger partial charge on any atom is -0.298 e. The van der Waals surface area contributed by atoms with E-state index in [4.69, 9.17) is 0 Å². The highest BCUT2D eigenvalue weighted by molar-refractivity contribution is 6.20. The maximum atomic E-state index is 12.9. The second kappa shape index (κ2) is 6.61. The maximum Gasteiger partial charge on any atom is 0.239 e. The molecule has 1 aliphatic rings. The smallest absolute Gasteiger partial charge is 0.239 e. The van der Waals surface area contributed by atoms with Crippen LogP contribution in [0.5, 0.6) is 0 Å². The monoisotopic (exact) mass is 337 g/mol. The molecule has 0 aliphatic carbocycles. The summed E-state index contributed by atoms with van der Waals surface area (Å²) in [5.41, 5.74) is -0.476. The van der Waals surface area contributed by atoms with Crippen LogP contribution in [0.1, 0.15) is 75.2 Å². The molecule has 2 unspecified atom stereocenters. The fourth-order valence-corrected chi connectivity index (χ4v) is 3.20. The summed E-state index contributed by atoms with van der Waals surface area (Å²) in [6, 6.07) is 0. The molecule has 2 atom stereocenters. The number of rotatable bonds is 3. The van der Waals surface area contributed by atoms with Crippen molar-refractivity contribution in [1.82, 2.24) is 4.90 Å². The number of nitrogens with zero attached hydrogens (tertiary/aromatic N) is 1. The zero-order valence-electron chi connectivity index (χ0n) is 16.9. The van der Waals surface area contributed by atoms with Gasteiger partial charge in [0.2, 0.25) is 11.8 Å². The van der Waals surface area contributed by atoms with E-state index in [0.717, 1.165) is 0 Å². The summed E-state index contributed by atoms with van der Waals surface area (Å²) >= 11 is 0. The quantitative estimate of drug-likeness (QED) is 0.576. The number of ketones is 1. The van der Waals surface area contributed by atoms with Crippen LogP contribution < -0.4 is 0 Å². The van der Waals surface area contributed by atoms with Crippen molar-refractivity contribution < 1.29 is 14.4 Å². The van der Waals surface area contributed by atoms with E-state index in [9.17, 15) is 14.4 Å². The van der Waals surface area contributed by atoms with Gasteiger partial charge in [0.15, 0.2) is 5.78 Å². The lowest BCUT2D eigenvalue weighted by Crippen LogP contribution is -2.57. The molecule has 0 N–H and O–H groups in total. The minimum atomic E-state index is -0.697. The van der Waals surface area contributed by atoms with Gasteiger partial charge in [0.25, 0.3) is 0 Å². The Kier molecular flexibility index (Phi) is 5.74. The molecule has 1 aliphatic heterocycles. The summed E-state index contributed by atoms with van der Waals surface area (Å²) < 4.78 is 0. The van der Waals surface area contributed by atoms with Crippen LogP contribution in [0.25, 0.3) is 0 Å². The third-order valence-corrected chi connectivity index (χ3v) is 4.08. The largest absolute Gasteiger partial charge is 0.298 e. The zero-order chi connectivity index (χ0) is 19.1. The Labute approximate surface area is 147 Å². The van der Waals surface area contributed by atoms with Crippen molar-refractivity contribution in [2.45, 2.75) is 75.2 Å². The van der Waals surface area contributed by atoms with E-state index >= 15 is 0 Å². The van der Waals surface area contributed by atoms with Crippen molar-refractivity contribution >= 4 is 17.6 Å². The number of carbonyl (C=O) groups is 3. The van der Waals surface area contributed by atoms with E-state index in [1.165, 1.54) is 4.90 Å². The number of carbonyl (C=O) groups excluding carboxylic acids is 3. The summed E-state index contributed by atoms with van der Waals surface area (Å²) in [5.74, 6) is -2.19. The number of amides is 2. The summed E-state index contributed by atoms with van der Waals surface area (Å²) in [5, 5.41) is 0. The van der Waals surface area contributed by atoms with Crippen LogP contribution in [0.4, 0.5) is 0 Å². The van der Waals surface area contributed by atoms with Crippen molar-refractivity contribution in [1.29, 1.82) is 0 Å². The number of hydrogen-bond donors (Lipinski definition) is 0. The molecule has 0 spiro atoms. The summed E-state index contributed by atoms with van der Waals surface area (Å²) in [4.78, 5) is 40.1. The summed E-state index contributed by atoms with van der Waals surface area (Å²) in [7, 11) is 0. The normalized spacial score (nSPS) is 23.9. The number of imide groups is 1. The molecule has 4 heteroatoms. The van der Waals surface area contributed by atoms with Gasteiger partial charge in [0.05, 0.1) is 11.8 Å². The highest BCUT2D eigenvalue weighted by Gasteiger charge is 2.49. The van der Waals surface area contributed by atoms with Crippen LogP contribution in [0, 0.1) is 28.1 Å².